The zero-order valence-electron chi connectivity index (χ0n) is 9.58. The molecule has 0 atom stereocenters. The molecule has 0 spiro atoms. The average molecular weight is 236 g/mol. The van der Waals surface area contributed by atoms with Crippen molar-refractivity contribution < 1.29 is 8.78 Å². The number of halogens is 2. The molecule has 90 valence electrons. The topological polar surface area (TPSA) is 17.0 Å². The summed E-state index contributed by atoms with van der Waals surface area (Å²) >= 11 is 0. The highest BCUT2D eigenvalue weighted by molar-refractivity contribution is 5.45. The van der Waals surface area contributed by atoms with Gasteiger partial charge in [-0.3, -0.25) is 0 Å². The van der Waals surface area contributed by atoms with Gasteiger partial charge in [-0.1, -0.05) is 6.07 Å². The lowest BCUT2D eigenvalue weighted by Crippen LogP contribution is -2.02. The fourth-order valence-corrected chi connectivity index (χ4v) is 1.63. The van der Waals surface area contributed by atoms with Crippen molar-refractivity contribution in [3.8, 4) is 0 Å². The molecule has 1 heterocycles. The highest BCUT2D eigenvalue weighted by atomic mass is 19.2. The monoisotopic (exact) mass is 236 g/mol. The van der Waals surface area contributed by atoms with Gasteiger partial charge < -0.3 is 9.88 Å². The fourth-order valence-electron chi connectivity index (χ4n) is 1.63. The molecule has 4 heteroatoms. The SMILES string of the molecule is CCn1ccc(CNc2cccc(F)c2F)c1. The highest BCUT2D eigenvalue weighted by Gasteiger charge is 2.06. The summed E-state index contributed by atoms with van der Waals surface area (Å²) < 4.78 is 28.3. The van der Waals surface area contributed by atoms with E-state index >= 15 is 0 Å². The molecule has 1 aromatic carbocycles. The molecule has 0 saturated heterocycles. The molecule has 0 saturated carbocycles. The Morgan fingerprint density at radius 2 is 2.06 bits per heavy atom. The van der Waals surface area contributed by atoms with E-state index in [9.17, 15) is 8.78 Å². The minimum absolute atomic E-state index is 0.189. The molecule has 2 aromatic rings. The zero-order valence-corrected chi connectivity index (χ0v) is 9.58. The summed E-state index contributed by atoms with van der Waals surface area (Å²) in [6.45, 7) is 3.42. The maximum absolute atomic E-state index is 13.3. The van der Waals surface area contributed by atoms with E-state index in [1.54, 1.807) is 0 Å². The summed E-state index contributed by atoms with van der Waals surface area (Å²) in [6.07, 6.45) is 3.93. The molecular weight excluding hydrogens is 222 g/mol. The predicted octanol–water partition coefficient (Wildman–Crippen LogP) is 3.40. The Kier molecular flexibility index (Phi) is 3.42. The number of benzene rings is 1. The van der Waals surface area contributed by atoms with Crippen LogP contribution < -0.4 is 5.32 Å². The van der Waals surface area contributed by atoms with E-state index < -0.39 is 11.6 Å². The van der Waals surface area contributed by atoms with E-state index in [-0.39, 0.29) is 5.69 Å². The van der Waals surface area contributed by atoms with Crippen molar-refractivity contribution in [3.63, 3.8) is 0 Å². The Morgan fingerprint density at radius 1 is 1.24 bits per heavy atom. The molecule has 2 nitrogen and oxygen atoms in total. The summed E-state index contributed by atoms with van der Waals surface area (Å²) in [7, 11) is 0. The molecule has 17 heavy (non-hydrogen) atoms. The number of rotatable bonds is 4. The molecule has 0 bridgehead atoms. The first-order chi connectivity index (χ1) is 8.20. The number of anilines is 1. The third-order valence-corrected chi connectivity index (χ3v) is 2.61. The molecular formula is C13H14F2N2. The van der Waals surface area contributed by atoms with E-state index in [2.05, 4.69) is 5.32 Å². The van der Waals surface area contributed by atoms with E-state index in [4.69, 9.17) is 0 Å². The largest absolute Gasteiger partial charge is 0.378 e. The smallest absolute Gasteiger partial charge is 0.181 e. The van der Waals surface area contributed by atoms with Crippen molar-refractivity contribution in [1.29, 1.82) is 0 Å². The molecule has 0 aliphatic carbocycles. The van der Waals surface area contributed by atoms with Crippen LogP contribution in [0.3, 0.4) is 0 Å². The van der Waals surface area contributed by atoms with Gasteiger partial charge in [-0.2, -0.15) is 0 Å². The van der Waals surface area contributed by atoms with Gasteiger partial charge in [0, 0.05) is 25.5 Å². The maximum atomic E-state index is 13.3. The van der Waals surface area contributed by atoms with E-state index in [0.717, 1.165) is 18.2 Å². The van der Waals surface area contributed by atoms with Crippen molar-refractivity contribution >= 4 is 5.69 Å². The van der Waals surface area contributed by atoms with Crippen LogP contribution in [0.2, 0.25) is 0 Å². The van der Waals surface area contributed by atoms with Crippen LogP contribution in [0.5, 0.6) is 0 Å². The second-order valence-electron chi connectivity index (χ2n) is 3.81. The Labute approximate surface area is 98.9 Å². The number of nitrogens with one attached hydrogen (secondary N) is 1. The predicted molar refractivity (Wildman–Crippen MR) is 63.8 cm³/mol. The standard InChI is InChI=1S/C13H14F2N2/c1-2-17-7-6-10(9-17)8-16-12-5-3-4-11(14)13(12)15/h3-7,9,16H,2,8H2,1H3. The maximum Gasteiger partial charge on any atom is 0.181 e. The second kappa shape index (κ2) is 4.99. The number of hydrogen-bond donors (Lipinski definition) is 1. The quantitative estimate of drug-likeness (QED) is 0.860. The van der Waals surface area contributed by atoms with Gasteiger partial charge in [0.25, 0.3) is 0 Å². The molecule has 2 rings (SSSR count). The Morgan fingerprint density at radius 3 is 2.76 bits per heavy atom. The molecule has 0 radical (unpaired) electrons. The van der Waals surface area contributed by atoms with Gasteiger partial charge in [-0.25, -0.2) is 8.78 Å². The van der Waals surface area contributed by atoms with Crippen molar-refractivity contribution in [2.75, 3.05) is 5.32 Å². The van der Waals surface area contributed by atoms with E-state index in [1.807, 2.05) is 30.0 Å². The minimum atomic E-state index is -0.832. The van der Waals surface area contributed by atoms with Crippen LogP contribution in [-0.2, 0) is 13.1 Å². The van der Waals surface area contributed by atoms with Crippen molar-refractivity contribution in [2.24, 2.45) is 0 Å². The Balaban J connectivity index is 2.04. The van der Waals surface area contributed by atoms with Gasteiger partial charge >= 0.3 is 0 Å². The van der Waals surface area contributed by atoms with Gasteiger partial charge in [0.2, 0.25) is 0 Å². The third-order valence-electron chi connectivity index (χ3n) is 2.61. The van der Waals surface area contributed by atoms with E-state index in [0.29, 0.717) is 6.54 Å². The molecule has 0 unspecified atom stereocenters. The lowest BCUT2D eigenvalue weighted by atomic mass is 10.2. The third kappa shape index (κ3) is 2.64. The molecule has 0 aliphatic rings. The summed E-state index contributed by atoms with van der Waals surface area (Å²) in [5.74, 6) is -1.66. The zero-order chi connectivity index (χ0) is 12.3. The number of aryl methyl sites for hydroxylation is 1. The van der Waals surface area contributed by atoms with Gasteiger partial charge in [-0.05, 0) is 30.7 Å². The van der Waals surface area contributed by atoms with Crippen LogP contribution in [0.1, 0.15) is 12.5 Å². The first kappa shape index (κ1) is 11.6. The molecule has 0 aliphatic heterocycles. The first-order valence-electron chi connectivity index (χ1n) is 5.53. The molecule has 1 N–H and O–H groups in total. The Hall–Kier alpha value is -1.84. The normalized spacial score (nSPS) is 10.5. The van der Waals surface area contributed by atoms with Gasteiger partial charge in [0.15, 0.2) is 11.6 Å². The average Bonchev–Trinajstić information content (AvgIpc) is 2.79. The van der Waals surface area contributed by atoms with Gasteiger partial charge in [0.05, 0.1) is 5.69 Å². The summed E-state index contributed by atoms with van der Waals surface area (Å²) in [6, 6.07) is 6.06. The van der Waals surface area contributed by atoms with Crippen LogP contribution in [0.15, 0.2) is 36.7 Å². The first-order valence-corrected chi connectivity index (χ1v) is 5.53. The summed E-state index contributed by atoms with van der Waals surface area (Å²) in [5.41, 5.74) is 1.23. The molecule has 0 amide bonds. The number of aromatic nitrogens is 1. The number of hydrogen-bond acceptors (Lipinski definition) is 1. The van der Waals surface area contributed by atoms with Crippen LogP contribution in [-0.4, -0.2) is 4.57 Å². The lowest BCUT2D eigenvalue weighted by molar-refractivity contribution is 0.511. The van der Waals surface area contributed by atoms with Crippen LogP contribution in [0, 0.1) is 11.6 Å². The van der Waals surface area contributed by atoms with Crippen molar-refractivity contribution in [2.45, 2.75) is 20.0 Å². The number of nitrogens with zero attached hydrogens (tertiary/aromatic N) is 1. The van der Waals surface area contributed by atoms with Crippen molar-refractivity contribution in [1.82, 2.24) is 4.57 Å². The van der Waals surface area contributed by atoms with Crippen LogP contribution in [0.25, 0.3) is 0 Å². The second-order valence-corrected chi connectivity index (χ2v) is 3.81. The summed E-state index contributed by atoms with van der Waals surface area (Å²) in [4.78, 5) is 0. The van der Waals surface area contributed by atoms with Crippen molar-refractivity contribution in [3.05, 3.63) is 53.9 Å². The minimum Gasteiger partial charge on any atom is -0.378 e. The van der Waals surface area contributed by atoms with Crippen LogP contribution >= 0.6 is 0 Å². The highest BCUT2D eigenvalue weighted by Crippen LogP contribution is 2.17. The lowest BCUT2D eigenvalue weighted by Gasteiger charge is -2.06. The Bertz CT molecular complexity index is 506. The molecule has 0 fully saturated rings. The van der Waals surface area contributed by atoms with E-state index in [1.165, 1.54) is 12.1 Å². The van der Waals surface area contributed by atoms with Crippen LogP contribution in [0.4, 0.5) is 14.5 Å². The van der Waals surface area contributed by atoms with Gasteiger partial charge in [0.1, 0.15) is 0 Å². The molecule has 1 aromatic heterocycles. The fraction of sp³-hybridized carbons (Fsp3) is 0.231. The van der Waals surface area contributed by atoms with Gasteiger partial charge in [-0.15, -0.1) is 0 Å². The summed E-state index contributed by atoms with van der Waals surface area (Å²) in [5, 5.41) is 2.88.